The van der Waals surface area contributed by atoms with Gasteiger partial charge < -0.3 is 9.84 Å². The number of fused-ring (bicyclic) bond motifs is 1. The Hall–Kier alpha value is -1.18. The monoisotopic (exact) mass is 178 g/mol. The number of phenols is 1. The quantitative estimate of drug-likeness (QED) is 0.661. The SMILES string of the molecule is CC1c2cccc(O)c2OC1(C)C. The van der Waals surface area contributed by atoms with E-state index in [0.29, 0.717) is 11.7 Å². The van der Waals surface area contributed by atoms with Crippen molar-refractivity contribution >= 4 is 0 Å². The molecular formula is C11H14O2. The average molecular weight is 178 g/mol. The lowest BCUT2D eigenvalue weighted by atomic mass is 9.89. The molecule has 0 bridgehead atoms. The van der Waals surface area contributed by atoms with Gasteiger partial charge >= 0.3 is 0 Å². The maximum atomic E-state index is 9.56. The van der Waals surface area contributed by atoms with Crippen LogP contribution in [-0.2, 0) is 0 Å². The predicted molar refractivity (Wildman–Crippen MR) is 51.2 cm³/mol. The van der Waals surface area contributed by atoms with E-state index in [1.165, 1.54) is 0 Å². The predicted octanol–water partition coefficient (Wildman–Crippen LogP) is 2.67. The Morgan fingerprint density at radius 2 is 2.08 bits per heavy atom. The summed E-state index contributed by atoms with van der Waals surface area (Å²) in [5.41, 5.74) is 0.895. The minimum atomic E-state index is -0.207. The third kappa shape index (κ3) is 1.09. The number of aromatic hydroxyl groups is 1. The van der Waals surface area contributed by atoms with Crippen molar-refractivity contribution < 1.29 is 9.84 Å². The lowest BCUT2D eigenvalue weighted by molar-refractivity contribution is 0.112. The molecule has 0 radical (unpaired) electrons. The molecule has 1 unspecified atom stereocenters. The Balaban J connectivity index is 2.56. The fourth-order valence-electron chi connectivity index (χ4n) is 1.72. The Bertz CT molecular complexity index is 342. The van der Waals surface area contributed by atoms with Crippen molar-refractivity contribution in [3.05, 3.63) is 23.8 Å². The van der Waals surface area contributed by atoms with Crippen LogP contribution in [0.2, 0.25) is 0 Å². The molecule has 70 valence electrons. The van der Waals surface area contributed by atoms with E-state index in [9.17, 15) is 5.11 Å². The number of para-hydroxylation sites is 1. The van der Waals surface area contributed by atoms with Gasteiger partial charge in [-0.05, 0) is 19.9 Å². The molecule has 0 fully saturated rings. The molecule has 1 aromatic rings. The van der Waals surface area contributed by atoms with Gasteiger partial charge in [-0.1, -0.05) is 19.1 Å². The van der Waals surface area contributed by atoms with Gasteiger partial charge in [0.05, 0.1) is 0 Å². The highest BCUT2D eigenvalue weighted by Crippen LogP contribution is 2.48. The standard InChI is InChI=1S/C11H14O2/c1-7-8-5-4-6-9(12)10(8)13-11(7,2)3/h4-7,12H,1-3H3. The number of rotatable bonds is 0. The zero-order valence-electron chi connectivity index (χ0n) is 8.16. The molecule has 0 amide bonds. The minimum absolute atomic E-state index is 0.207. The maximum Gasteiger partial charge on any atom is 0.165 e. The summed E-state index contributed by atoms with van der Waals surface area (Å²) in [5, 5.41) is 9.56. The van der Waals surface area contributed by atoms with Crippen LogP contribution in [0.3, 0.4) is 0 Å². The molecule has 0 aliphatic carbocycles. The molecule has 1 atom stereocenters. The zero-order valence-corrected chi connectivity index (χ0v) is 8.16. The molecule has 2 nitrogen and oxygen atoms in total. The summed E-state index contributed by atoms with van der Waals surface area (Å²) in [5.74, 6) is 1.23. The molecule has 0 spiro atoms. The van der Waals surface area contributed by atoms with Crippen molar-refractivity contribution in [3.8, 4) is 11.5 Å². The topological polar surface area (TPSA) is 29.5 Å². The van der Waals surface area contributed by atoms with Crippen LogP contribution >= 0.6 is 0 Å². The first-order valence-corrected chi connectivity index (χ1v) is 4.53. The van der Waals surface area contributed by atoms with E-state index in [0.717, 1.165) is 5.56 Å². The summed E-state index contributed by atoms with van der Waals surface area (Å²) >= 11 is 0. The highest BCUT2D eigenvalue weighted by atomic mass is 16.5. The second-order valence-corrected chi connectivity index (χ2v) is 4.12. The van der Waals surface area contributed by atoms with E-state index >= 15 is 0 Å². The molecule has 0 saturated heterocycles. The van der Waals surface area contributed by atoms with Gasteiger partial charge in [0, 0.05) is 11.5 Å². The molecular weight excluding hydrogens is 164 g/mol. The van der Waals surface area contributed by atoms with Gasteiger partial charge in [-0.3, -0.25) is 0 Å². The van der Waals surface area contributed by atoms with Crippen molar-refractivity contribution in [2.45, 2.75) is 32.3 Å². The fourth-order valence-corrected chi connectivity index (χ4v) is 1.72. The normalized spacial score (nSPS) is 23.8. The lowest BCUT2D eigenvalue weighted by Crippen LogP contribution is -2.28. The first-order chi connectivity index (χ1) is 6.02. The van der Waals surface area contributed by atoms with Crippen LogP contribution in [0.15, 0.2) is 18.2 Å². The van der Waals surface area contributed by atoms with Gasteiger partial charge in [-0.15, -0.1) is 0 Å². The summed E-state index contributed by atoms with van der Waals surface area (Å²) in [6.45, 7) is 6.19. The Morgan fingerprint density at radius 3 is 2.69 bits per heavy atom. The van der Waals surface area contributed by atoms with E-state index in [1.54, 1.807) is 6.07 Å². The smallest absolute Gasteiger partial charge is 0.165 e. The van der Waals surface area contributed by atoms with Crippen LogP contribution in [0, 0.1) is 0 Å². The van der Waals surface area contributed by atoms with E-state index in [-0.39, 0.29) is 11.4 Å². The van der Waals surface area contributed by atoms with Crippen LogP contribution in [0.1, 0.15) is 32.3 Å². The van der Waals surface area contributed by atoms with Gasteiger partial charge in [0.15, 0.2) is 11.5 Å². The Kier molecular flexibility index (Phi) is 1.56. The highest BCUT2D eigenvalue weighted by Gasteiger charge is 2.39. The summed E-state index contributed by atoms with van der Waals surface area (Å²) in [6, 6.07) is 5.52. The molecule has 2 heteroatoms. The lowest BCUT2D eigenvalue weighted by Gasteiger charge is -2.22. The highest BCUT2D eigenvalue weighted by molar-refractivity contribution is 5.51. The maximum absolute atomic E-state index is 9.56. The molecule has 1 aliphatic rings. The number of ether oxygens (including phenoxy) is 1. The molecule has 1 aliphatic heterocycles. The molecule has 1 aromatic carbocycles. The second kappa shape index (κ2) is 2.41. The molecule has 13 heavy (non-hydrogen) atoms. The third-order valence-corrected chi connectivity index (χ3v) is 2.90. The number of benzene rings is 1. The van der Waals surface area contributed by atoms with Crippen molar-refractivity contribution in [1.82, 2.24) is 0 Å². The summed E-state index contributed by atoms with van der Waals surface area (Å²) in [6.07, 6.45) is 0. The Labute approximate surface area is 78.2 Å². The minimum Gasteiger partial charge on any atom is -0.504 e. The largest absolute Gasteiger partial charge is 0.504 e. The van der Waals surface area contributed by atoms with E-state index < -0.39 is 0 Å². The number of hydrogen-bond donors (Lipinski definition) is 1. The molecule has 0 saturated carbocycles. The van der Waals surface area contributed by atoms with Crippen molar-refractivity contribution in [1.29, 1.82) is 0 Å². The second-order valence-electron chi connectivity index (χ2n) is 4.12. The fraction of sp³-hybridized carbons (Fsp3) is 0.455. The molecule has 2 rings (SSSR count). The Morgan fingerprint density at radius 1 is 1.38 bits per heavy atom. The summed E-state index contributed by atoms with van der Waals surface area (Å²) in [4.78, 5) is 0. The summed E-state index contributed by atoms with van der Waals surface area (Å²) < 4.78 is 5.69. The first-order valence-electron chi connectivity index (χ1n) is 4.53. The molecule has 0 aromatic heterocycles. The van der Waals surface area contributed by atoms with Crippen LogP contribution in [0.4, 0.5) is 0 Å². The van der Waals surface area contributed by atoms with E-state index in [1.807, 2.05) is 26.0 Å². The number of phenolic OH excluding ortho intramolecular Hbond substituents is 1. The average Bonchev–Trinajstić information content (AvgIpc) is 2.28. The van der Waals surface area contributed by atoms with Gasteiger partial charge in [-0.2, -0.15) is 0 Å². The molecule has 1 N–H and O–H groups in total. The van der Waals surface area contributed by atoms with Gasteiger partial charge in [0.1, 0.15) is 5.60 Å². The van der Waals surface area contributed by atoms with Crippen molar-refractivity contribution in [3.63, 3.8) is 0 Å². The van der Waals surface area contributed by atoms with Crippen LogP contribution in [-0.4, -0.2) is 10.7 Å². The van der Waals surface area contributed by atoms with Gasteiger partial charge in [-0.25, -0.2) is 0 Å². The van der Waals surface area contributed by atoms with Crippen molar-refractivity contribution in [2.24, 2.45) is 0 Å². The third-order valence-electron chi connectivity index (χ3n) is 2.90. The first kappa shape index (κ1) is 8.42. The van der Waals surface area contributed by atoms with Crippen LogP contribution < -0.4 is 4.74 Å². The summed E-state index contributed by atoms with van der Waals surface area (Å²) in [7, 11) is 0. The van der Waals surface area contributed by atoms with Crippen LogP contribution in [0.5, 0.6) is 11.5 Å². The zero-order chi connectivity index (χ0) is 9.64. The van der Waals surface area contributed by atoms with Gasteiger partial charge in [0.25, 0.3) is 0 Å². The van der Waals surface area contributed by atoms with Gasteiger partial charge in [0.2, 0.25) is 0 Å². The van der Waals surface area contributed by atoms with E-state index in [4.69, 9.17) is 4.74 Å². The molecule has 1 heterocycles. The van der Waals surface area contributed by atoms with Crippen molar-refractivity contribution in [2.75, 3.05) is 0 Å². The number of hydrogen-bond acceptors (Lipinski definition) is 2. The van der Waals surface area contributed by atoms with Crippen LogP contribution in [0.25, 0.3) is 0 Å². The van der Waals surface area contributed by atoms with E-state index in [2.05, 4.69) is 6.92 Å².